The zero-order chi connectivity index (χ0) is 11.5. The fourth-order valence-corrected chi connectivity index (χ4v) is 2.40. The predicted octanol–water partition coefficient (Wildman–Crippen LogP) is 2.44. The SMILES string of the molecule is CC(N)C1CCN(Cc2ccc(Br)cn2)C1.Cl. The van der Waals surface area contributed by atoms with E-state index in [1.807, 2.05) is 12.3 Å². The molecule has 0 aromatic carbocycles. The second-order valence-corrected chi connectivity index (χ2v) is 5.53. The minimum absolute atomic E-state index is 0. The highest BCUT2D eigenvalue weighted by molar-refractivity contribution is 9.10. The maximum Gasteiger partial charge on any atom is 0.0544 e. The molecule has 5 heteroatoms. The van der Waals surface area contributed by atoms with Crippen LogP contribution in [-0.2, 0) is 6.54 Å². The number of rotatable bonds is 3. The molecule has 1 fully saturated rings. The molecule has 96 valence electrons. The normalized spacial score (nSPS) is 22.2. The minimum Gasteiger partial charge on any atom is -0.328 e. The first-order valence-corrected chi connectivity index (χ1v) is 6.53. The topological polar surface area (TPSA) is 42.1 Å². The van der Waals surface area contributed by atoms with E-state index in [1.54, 1.807) is 0 Å². The number of hydrogen-bond donors (Lipinski definition) is 1. The molecule has 2 atom stereocenters. The van der Waals surface area contributed by atoms with Crippen LogP contribution in [0.5, 0.6) is 0 Å². The molecule has 0 spiro atoms. The third-order valence-corrected chi connectivity index (χ3v) is 3.70. The van der Waals surface area contributed by atoms with Crippen molar-refractivity contribution in [3.8, 4) is 0 Å². The van der Waals surface area contributed by atoms with E-state index in [2.05, 4.69) is 38.8 Å². The standard InChI is InChI=1S/C12H18BrN3.ClH/c1-9(14)10-4-5-16(7-10)8-12-3-2-11(13)6-15-12;/h2-3,6,9-10H,4-5,7-8,14H2,1H3;1H. The Kier molecular flexibility index (Phi) is 5.86. The van der Waals surface area contributed by atoms with Gasteiger partial charge in [0.05, 0.1) is 5.69 Å². The van der Waals surface area contributed by atoms with Gasteiger partial charge in [0.15, 0.2) is 0 Å². The second kappa shape index (κ2) is 6.69. The summed E-state index contributed by atoms with van der Waals surface area (Å²) in [6.45, 7) is 5.29. The number of nitrogens with zero attached hydrogens (tertiary/aromatic N) is 2. The van der Waals surface area contributed by atoms with E-state index in [0.29, 0.717) is 12.0 Å². The highest BCUT2D eigenvalue weighted by atomic mass is 79.9. The van der Waals surface area contributed by atoms with E-state index >= 15 is 0 Å². The molecule has 0 aliphatic carbocycles. The Labute approximate surface area is 117 Å². The molecule has 2 N–H and O–H groups in total. The second-order valence-electron chi connectivity index (χ2n) is 4.61. The van der Waals surface area contributed by atoms with Gasteiger partial charge in [0.1, 0.15) is 0 Å². The molecule has 0 bridgehead atoms. The molecular formula is C12H19BrClN3. The van der Waals surface area contributed by atoms with E-state index in [9.17, 15) is 0 Å². The zero-order valence-corrected chi connectivity index (χ0v) is 12.4. The van der Waals surface area contributed by atoms with E-state index in [-0.39, 0.29) is 12.4 Å². The van der Waals surface area contributed by atoms with Crippen LogP contribution in [0.4, 0.5) is 0 Å². The molecule has 1 aliphatic heterocycles. The van der Waals surface area contributed by atoms with Gasteiger partial charge in [0.25, 0.3) is 0 Å². The summed E-state index contributed by atoms with van der Waals surface area (Å²) in [7, 11) is 0. The number of pyridine rings is 1. The Bertz CT molecular complexity index is 342. The van der Waals surface area contributed by atoms with E-state index in [1.165, 1.54) is 6.42 Å². The molecule has 1 saturated heterocycles. The molecule has 0 saturated carbocycles. The Morgan fingerprint density at radius 3 is 2.88 bits per heavy atom. The van der Waals surface area contributed by atoms with Crippen LogP contribution in [0.1, 0.15) is 19.0 Å². The summed E-state index contributed by atoms with van der Waals surface area (Å²) >= 11 is 3.39. The molecule has 0 amide bonds. The molecule has 1 aromatic heterocycles. The van der Waals surface area contributed by atoms with Crippen molar-refractivity contribution in [1.29, 1.82) is 0 Å². The Morgan fingerprint density at radius 2 is 2.35 bits per heavy atom. The minimum atomic E-state index is 0. The molecule has 1 aromatic rings. The average molecular weight is 321 g/mol. The summed E-state index contributed by atoms with van der Waals surface area (Å²) in [6.07, 6.45) is 3.07. The van der Waals surface area contributed by atoms with Gasteiger partial charge in [-0.3, -0.25) is 9.88 Å². The molecular weight excluding hydrogens is 302 g/mol. The summed E-state index contributed by atoms with van der Waals surface area (Å²) in [5, 5.41) is 0. The summed E-state index contributed by atoms with van der Waals surface area (Å²) in [5.41, 5.74) is 7.06. The molecule has 3 nitrogen and oxygen atoms in total. The largest absolute Gasteiger partial charge is 0.328 e. The van der Waals surface area contributed by atoms with Gasteiger partial charge in [-0.05, 0) is 53.9 Å². The molecule has 2 unspecified atom stereocenters. The fraction of sp³-hybridized carbons (Fsp3) is 0.583. The highest BCUT2D eigenvalue weighted by Crippen LogP contribution is 2.20. The van der Waals surface area contributed by atoms with E-state index < -0.39 is 0 Å². The maximum absolute atomic E-state index is 5.92. The summed E-state index contributed by atoms with van der Waals surface area (Å²) < 4.78 is 1.03. The van der Waals surface area contributed by atoms with Crippen LogP contribution in [0, 0.1) is 5.92 Å². The molecule has 1 aliphatic rings. The Balaban J connectivity index is 0.00000144. The fourth-order valence-electron chi connectivity index (χ4n) is 2.16. The first kappa shape index (κ1) is 14.9. The van der Waals surface area contributed by atoms with Gasteiger partial charge in [-0.1, -0.05) is 0 Å². The lowest BCUT2D eigenvalue weighted by atomic mass is 10.0. The highest BCUT2D eigenvalue weighted by Gasteiger charge is 2.25. The van der Waals surface area contributed by atoms with E-state index in [4.69, 9.17) is 5.73 Å². The van der Waals surface area contributed by atoms with Crippen LogP contribution in [0.3, 0.4) is 0 Å². The number of halogens is 2. The van der Waals surface area contributed by atoms with Crippen LogP contribution >= 0.6 is 28.3 Å². The quantitative estimate of drug-likeness (QED) is 0.930. The summed E-state index contributed by atoms with van der Waals surface area (Å²) in [5.74, 6) is 0.649. The first-order valence-electron chi connectivity index (χ1n) is 5.73. The van der Waals surface area contributed by atoms with Crippen LogP contribution < -0.4 is 5.73 Å². The molecule has 2 rings (SSSR count). The third kappa shape index (κ3) is 4.21. The smallest absolute Gasteiger partial charge is 0.0544 e. The van der Waals surface area contributed by atoms with Crippen LogP contribution in [0.15, 0.2) is 22.8 Å². The van der Waals surface area contributed by atoms with Crippen molar-refractivity contribution in [3.63, 3.8) is 0 Å². The molecule has 0 radical (unpaired) electrons. The van der Waals surface area contributed by atoms with Crippen LogP contribution in [0.25, 0.3) is 0 Å². The van der Waals surface area contributed by atoms with Crippen molar-refractivity contribution < 1.29 is 0 Å². The molecule has 17 heavy (non-hydrogen) atoms. The van der Waals surface area contributed by atoms with Crippen molar-refractivity contribution in [2.24, 2.45) is 11.7 Å². The first-order chi connectivity index (χ1) is 7.65. The van der Waals surface area contributed by atoms with Gasteiger partial charge in [0, 0.05) is 29.8 Å². The van der Waals surface area contributed by atoms with Gasteiger partial charge < -0.3 is 5.73 Å². The van der Waals surface area contributed by atoms with Crippen molar-refractivity contribution in [2.45, 2.75) is 25.9 Å². The van der Waals surface area contributed by atoms with Crippen molar-refractivity contribution >= 4 is 28.3 Å². The van der Waals surface area contributed by atoms with Crippen molar-refractivity contribution in [2.75, 3.05) is 13.1 Å². The third-order valence-electron chi connectivity index (χ3n) is 3.23. The van der Waals surface area contributed by atoms with Crippen LogP contribution in [-0.4, -0.2) is 29.0 Å². The Hall–Kier alpha value is -0.160. The van der Waals surface area contributed by atoms with Gasteiger partial charge in [-0.2, -0.15) is 0 Å². The number of likely N-dealkylation sites (tertiary alicyclic amines) is 1. The number of aromatic nitrogens is 1. The molecule has 2 heterocycles. The lowest BCUT2D eigenvalue weighted by molar-refractivity contribution is 0.305. The average Bonchev–Trinajstić information content (AvgIpc) is 2.70. The summed E-state index contributed by atoms with van der Waals surface area (Å²) in [6, 6.07) is 4.42. The Morgan fingerprint density at radius 1 is 1.59 bits per heavy atom. The van der Waals surface area contributed by atoms with Crippen molar-refractivity contribution in [3.05, 3.63) is 28.5 Å². The number of nitrogens with two attached hydrogens (primary N) is 1. The van der Waals surface area contributed by atoms with E-state index in [0.717, 1.165) is 29.8 Å². The zero-order valence-electron chi connectivity index (χ0n) is 9.97. The van der Waals surface area contributed by atoms with Crippen molar-refractivity contribution in [1.82, 2.24) is 9.88 Å². The maximum atomic E-state index is 5.92. The van der Waals surface area contributed by atoms with Gasteiger partial charge in [-0.15, -0.1) is 12.4 Å². The van der Waals surface area contributed by atoms with Crippen LogP contribution in [0.2, 0.25) is 0 Å². The predicted molar refractivity (Wildman–Crippen MR) is 76.2 cm³/mol. The monoisotopic (exact) mass is 319 g/mol. The summed E-state index contributed by atoms with van der Waals surface area (Å²) in [4.78, 5) is 6.83. The van der Waals surface area contributed by atoms with Gasteiger partial charge in [-0.25, -0.2) is 0 Å². The van der Waals surface area contributed by atoms with Gasteiger partial charge in [0.2, 0.25) is 0 Å². The lowest BCUT2D eigenvalue weighted by Gasteiger charge is -2.17. The number of hydrogen-bond acceptors (Lipinski definition) is 3. The van der Waals surface area contributed by atoms with Gasteiger partial charge >= 0.3 is 0 Å². The lowest BCUT2D eigenvalue weighted by Crippen LogP contribution is -2.29.